The van der Waals surface area contributed by atoms with Crippen molar-refractivity contribution < 1.29 is 49.8 Å². The quantitative estimate of drug-likeness (QED) is 0.0166. The van der Waals surface area contributed by atoms with Crippen LogP contribution in [0, 0.1) is 17.9 Å². The maximum atomic E-state index is 12.1. The second-order valence-electron chi connectivity index (χ2n) is 12.9. The van der Waals surface area contributed by atoms with Crippen molar-refractivity contribution >= 4 is 129 Å². The van der Waals surface area contributed by atoms with Crippen LogP contribution < -0.4 is 29.9 Å². The van der Waals surface area contributed by atoms with E-state index in [2.05, 4.69) is 55.8 Å². The lowest BCUT2D eigenvalue weighted by molar-refractivity contribution is 0.111. The lowest BCUT2D eigenvalue weighted by atomic mass is 10.2. The molecule has 358 valence electrons. The molecule has 68 heavy (non-hydrogen) atoms. The fraction of sp³-hybridized carbons (Fsp3) is 0.308. The number of thioether (sulfide) groups is 1. The van der Waals surface area contributed by atoms with E-state index in [1.54, 1.807) is 30.3 Å². The van der Waals surface area contributed by atoms with Gasteiger partial charge < -0.3 is 35.0 Å². The highest BCUT2D eigenvalue weighted by atomic mass is 32.2. The first-order chi connectivity index (χ1) is 32.6. The molecule has 5 rings (SSSR count). The van der Waals surface area contributed by atoms with Crippen molar-refractivity contribution in [2.45, 2.75) is 37.7 Å². The molecule has 3 aromatic heterocycles. The largest absolute Gasteiger partial charge is 0.494 e. The van der Waals surface area contributed by atoms with Crippen LogP contribution in [0.15, 0.2) is 60.8 Å². The topological polar surface area (TPSA) is 325 Å². The van der Waals surface area contributed by atoms with E-state index in [0.717, 1.165) is 23.1 Å². The van der Waals surface area contributed by atoms with Crippen molar-refractivity contribution in [1.29, 1.82) is 5.26 Å². The number of hydrogen-bond donors (Lipinski definition) is 4. The standard InChI is InChI=1S/C39H41N13O8S4.O3S/c1-8-51(9-2)29-15-24(26(17-31(29)59-6)47-49-35-23(19-40)34(64(56,57)58)33(21-55)63-35)42-37-44-38(46-39(45-37)61-13-12-53)43-25-16-30(52(10-3)11-4)32(60-7)18-27(25)48-50-36-28(41-5)14-22(20-54)62-36;1-4(2)3/h14-18,20-21,53H,8-13H2,1-4,6-7H3,(H,56,57,58)(H2,42,43,44,45,46);. The van der Waals surface area contributed by atoms with Crippen LogP contribution >= 0.6 is 34.4 Å². The number of nitrogens with zero attached hydrogens (tertiary/aromatic N) is 11. The summed E-state index contributed by atoms with van der Waals surface area (Å²) in [6.45, 7) is 17.7. The highest BCUT2D eigenvalue weighted by Gasteiger charge is 2.28. The Hall–Kier alpha value is -6.99. The molecule has 4 N–H and O–H groups in total. The predicted molar refractivity (Wildman–Crippen MR) is 256 cm³/mol. The highest BCUT2D eigenvalue weighted by Crippen LogP contribution is 2.45. The van der Waals surface area contributed by atoms with Gasteiger partial charge in [0.25, 0.3) is 10.1 Å². The molecule has 5 aromatic rings. The molecule has 0 spiro atoms. The molecule has 0 saturated heterocycles. The van der Waals surface area contributed by atoms with Gasteiger partial charge in [-0.2, -0.15) is 33.7 Å². The monoisotopic (exact) mass is 1030 g/mol. The second-order valence-corrected chi connectivity index (χ2v) is 17.8. The third kappa shape index (κ3) is 13.6. The number of aliphatic hydroxyl groups is 1. The molecule has 0 fully saturated rings. The first-order valence-electron chi connectivity index (χ1n) is 19.6. The zero-order chi connectivity index (χ0) is 50.1. The number of benzene rings is 2. The summed E-state index contributed by atoms with van der Waals surface area (Å²) >= 11 is 2.71. The smallest absolute Gasteiger partial charge is 0.425 e. The van der Waals surface area contributed by atoms with Crippen molar-refractivity contribution in [3.63, 3.8) is 0 Å². The molecule has 24 nitrogen and oxygen atoms in total. The molecule has 0 radical (unpaired) electrons. The number of carbonyl (C=O) groups is 2. The molecule has 0 bridgehead atoms. The number of aliphatic hydroxyl groups excluding tert-OH is 1. The van der Waals surface area contributed by atoms with Crippen LogP contribution in [-0.2, 0) is 20.7 Å². The summed E-state index contributed by atoms with van der Waals surface area (Å²) in [4.78, 5) is 43.7. The zero-order valence-corrected chi connectivity index (χ0v) is 40.9. The lowest BCUT2D eigenvalue weighted by Gasteiger charge is -2.25. The van der Waals surface area contributed by atoms with Crippen molar-refractivity contribution in [3.05, 3.63) is 57.1 Å². The molecule has 0 atom stereocenters. The number of ether oxygens (including phenoxy) is 2. The molecule has 0 amide bonds. The number of azo groups is 2. The van der Waals surface area contributed by atoms with Crippen molar-refractivity contribution in [3.8, 4) is 17.6 Å². The average Bonchev–Trinajstić information content (AvgIpc) is 3.91. The fourth-order valence-corrected chi connectivity index (χ4v) is 9.36. The zero-order valence-electron chi connectivity index (χ0n) is 36.8. The summed E-state index contributed by atoms with van der Waals surface area (Å²) < 4.78 is 70.9. The molecule has 0 unspecified atom stereocenters. The van der Waals surface area contributed by atoms with Gasteiger partial charge in [0.1, 0.15) is 44.4 Å². The van der Waals surface area contributed by atoms with Gasteiger partial charge in [0.2, 0.25) is 17.6 Å². The van der Waals surface area contributed by atoms with E-state index in [4.69, 9.17) is 28.7 Å². The Morgan fingerprint density at radius 1 is 0.838 bits per heavy atom. The van der Waals surface area contributed by atoms with E-state index in [-0.39, 0.29) is 68.5 Å². The first kappa shape index (κ1) is 53.6. The number of aldehydes is 2. The third-order valence-corrected chi connectivity index (χ3v) is 12.9. The Bertz CT molecular complexity index is 3010. The van der Waals surface area contributed by atoms with Gasteiger partial charge in [-0.05, 0) is 45.9 Å². The third-order valence-electron chi connectivity index (χ3n) is 9.03. The SMILES string of the molecule is O=S(=O)=O.[C-]#[N+]c1cc(C=O)sc1N=Nc1cc(OC)c(N(CC)CC)cc1Nc1nc(Nc2cc(N(CC)CC)c(OC)cc2N=Nc2sc(C=O)c(S(=O)(=O)O)c2C#N)nc(SCCO)n1. The molecular weight excluding hydrogens is 987 g/mol. The highest BCUT2D eigenvalue weighted by molar-refractivity contribution is 7.99. The van der Waals surface area contributed by atoms with Crippen molar-refractivity contribution in [2.24, 2.45) is 20.5 Å². The van der Waals surface area contributed by atoms with E-state index in [0.29, 0.717) is 77.2 Å². The molecule has 0 aliphatic heterocycles. The molecule has 29 heteroatoms. The van der Waals surface area contributed by atoms with Gasteiger partial charge in [0.05, 0.1) is 59.9 Å². The van der Waals surface area contributed by atoms with E-state index in [9.17, 15) is 32.9 Å². The van der Waals surface area contributed by atoms with Gasteiger partial charge in [0.15, 0.2) is 22.7 Å². The van der Waals surface area contributed by atoms with E-state index < -0.39 is 36.1 Å². The molecule has 2 aromatic carbocycles. The average molecular weight is 1030 g/mol. The lowest BCUT2D eigenvalue weighted by Crippen LogP contribution is -2.22. The van der Waals surface area contributed by atoms with Gasteiger partial charge in [-0.1, -0.05) is 11.8 Å². The number of nitrogens with one attached hydrogen (secondary N) is 2. The van der Waals surface area contributed by atoms with Gasteiger partial charge in [-0.25, -0.2) is 4.85 Å². The molecule has 0 saturated carbocycles. The maximum absolute atomic E-state index is 12.1. The number of nitriles is 1. The Labute approximate surface area is 403 Å². The number of aromatic nitrogens is 3. The van der Waals surface area contributed by atoms with Crippen LogP contribution in [0.2, 0.25) is 0 Å². The minimum atomic E-state index is -4.97. The second kappa shape index (κ2) is 25.2. The number of rotatable bonds is 22. The predicted octanol–water partition coefficient (Wildman–Crippen LogP) is 8.40. The molecule has 3 heterocycles. The normalized spacial score (nSPS) is 11.0. The van der Waals surface area contributed by atoms with Crippen molar-refractivity contribution in [1.82, 2.24) is 15.0 Å². The van der Waals surface area contributed by atoms with Crippen LogP contribution in [0.5, 0.6) is 11.5 Å². The Morgan fingerprint density at radius 3 is 1.74 bits per heavy atom. The van der Waals surface area contributed by atoms with Crippen LogP contribution in [0.3, 0.4) is 0 Å². The number of thiophene rings is 2. The Morgan fingerprint density at radius 2 is 1.34 bits per heavy atom. The minimum Gasteiger partial charge on any atom is -0.494 e. The maximum Gasteiger partial charge on any atom is 0.425 e. The number of carbonyl (C=O) groups excluding carboxylic acids is 2. The first-order valence-corrected chi connectivity index (χ1v) is 24.7. The van der Waals surface area contributed by atoms with E-state index in [1.165, 1.54) is 20.3 Å². The number of anilines is 6. The van der Waals surface area contributed by atoms with Gasteiger partial charge >= 0.3 is 10.6 Å². The summed E-state index contributed by atoms with van der Waals surface area (Å²) in [5, 5.41) is 43.4. The van der Waals surface area contributed by atoms with Crippen LogP contribution in [-0.4, -0.2) is 111 Å². The van der Waals surface area contributed by atoms with Crippen LogP contribution in [0.4, 0.5) is 61.7 Å². The van der Waals surface area contributed by atoms with Gasteiger partial charge in [-0.15, -0.1) is 50.6 Å². The van der Waals surface area contributed by atoms with Gasteiger partial charge in [-0.3, -0.25) is 14.1 Å². The summed E-state index contributed by atoms with van der Waals surface area (Å²) in [6.07, 6.45) is 0.832. The minimum absolute atomic E-state index is 0.00174. The number of hydrogen-bond acceptors (Lipinski definition) is 25. The van der Waals surface area contributed by atoms with Crippen LogP contribution in [0.1, 0.15) is 52.6 Å². The van der Waals surface area contributed by atoms with Gasteiger partial charge in [0, 0.05) is 44.1 Å². The fourth-order valence-electron chi connectivity index (χ4n) is 6.06. The molecular formula is C39H41N13O11S5. The molecule has 0 aliphatic rings. The summed E-state index contributed by atoms with van der Waals surface area (Å²) in [5.41, 5.74) is 1.98. The van der Waals surface area contributed by atoms with Crippen molar-refractivity contribution in [2.75, 3.05) is 73.2 Å². The van der Waals surface area contributed by atoms with E-state index in [1.807, 2.05) is 32.6 Å². The Kier molecular flexibility index (Phi) is 19.9. The number of methoxy groups -OCH3 is 2. The van der Waals surface area contributed by atoms with Crippen LogP contribution in [0.25, 0.3) is 4.85 Å². The summed E-state index contributed by atoms with van der Waals surface area (Å²) in [5.74, 6) is 1.13. The summed E-state index contributed by atoms with van der Waals surface area (Å²) in [6, 6.07) is 9.85. The Balaban J connectivity index is 0.00000242. The van der Waals surface area contributed by atoms with E-state index >= 15 is 0 Å². The molecule has 0 aliphatic carbocycles. The summed E-state index contributed by atoms with van der Waals surface area (Å²) in [7, 11) is -5.09.